The zero-order valence-electron chi connectivity index (χ0n) is 10.4. The average Bonchev–Trinajstić information content (AvgIpc) is 2.99. The molecule has 4 heteroatoms. The van der Waals surface area contributed by atoms with Crippen LogP contribution in [-0.4, -0.2) is 16.3 Å². The maximum Gasteiger partial charge on any atom is 0.0800 e. The van der Waals surface area contributed by atoms with Gasteiger partial charge in [0, 0.05) is 12.1 Å². The van der Waals surface area contributed by atoms with Crippen LogP contribution < -0.4 is 5.32 Å². The van der Waals surface area contributed by atoms with Gasteiger partial charge in [0.25, 0.3) is 0 Å². The van der Waals surface area contributed by atoms with E-state index in [0.717, 1.165) is 28.5 Å². The van der Waals surface area contributed by atoms with Crippen LogP contribution in [0.15, 0.2) is 30.3 Å². The van der Waals surface area contributed by atoms with Crippen molar-refractivity contribution in [3.8, 4) is 11.3 Å². The predicted molar refractivity (Wildman–Crippen MR) is 73.6 cm³/mol. The van der Waals surface area contributed by atoms with Crippen LogP contribution in [0.5, 0.6) is 0 Å². The van der Waals surface area contributed by atoms with E-state index in [1.807, 2.05) is 36.0 Å². The molecule has 1 aromatic carbocycles. The van der Waals surface area contributed by atoms with Gasteiger partial charge in [-0.25, -0.2) is 0 Å². The molecular formula is C14H16ClN3. The van der Waals surface area contributed by atoms with Gasteiger partial charge in [-0.2, -0.15) is 5.10 Å². The summed E-state index contributed by atoms with van der Waals surface area (Å²) < 4.78 is 1.94. The molecule has 2 heterocycles. The van der Waals surface area contributed by atoms with Crippen molar-refractivity contribution < 1.29 is 0 Å². The first-order valence-corrected chi connectivity index (χ1v) is 6.65. The quantitative estimate of drug-likeness (QED) is 0.900. The largest absolute Gasteiger partial charge is 0.309 e. The summed E-state index contributed by atoms with van der Waals surface area (Å²) in [5, 5.41) is 8.85. The molecule has 0 bridgehead atoms. The van der Waals surface area contributed by atoms with E-state index in [-0.39, 0.29) is 0 Å². The van der Waals surface area contributed by atoms with Crippen molar-refractivity contribution in [2.75, 3.05) is 6.54 Å². The molecule has 2 aromatic rings. The van der Waals surface area contributed by atoms with Crippen molar-refractivity contribution >= 4 is 11.6 Å². The Kier molecular flexibility index (Phi) is 3.10. The number of aryl methyl sites for hydroxylation is 1. The molecule has 1 saturated heterocycles. The van der Waals surface area contributed by atoms with Crippen LogP contribution in [0.4, 0.5) is 0 Å². The zero-order valence-corrected chi connectivity index (χ0v) is 11.1. The maximum atomic E-state index is 5.92. The SMILES string of the molecule is Cn1nc(C2CCCN2)cc1-c1ccc(Cl)cc1. The minimum atomic E-state index is 0.414. The molecule has 1 aliphatic rings. The van der Waals surface area contributed by atoms with Gasteiger partial charge in [0.05, 0.1) is 17.4 Å². The van der Waals surface area contributed by atoms with Gasteiger partial charge in [0.15, 0.2) is 0 Å². The monoisotopic (exact) mass is 261 g/mol. The van der Waals surface area contributed by atoms with Crippen LogP contribution in [0, 0.1) is 0 Å². The molecular weight excluding hydrogens is 246 g/mol. The van der Waals surface area contributed by atoms with Crippen molar-refractivity contribution in [1.29, 1.82) is 0 Å². The Hall–Kier alpha value is -1.32. The highest BCUT2D eigenvalue weighted by Crippen LogP contribution is 2.27. The molecule has 0 radical (unpaired) electrons. The van der Waals surface area contributed by atoms with Gasteiger partial charge in [0.2, 0.25) is 0 Å². The molecule has 1 aliphatic heterocycles. The Morgan fingerprint density at radius 2 is 2.11 bits per heavy atom. The summed E-state index contributed by atoms with van der Waals surface area (Å²) in [6.07, 6.45) is 2.41. The molecule has 1 atom stereocenters. The van der Waals surface area contributed by atoms with Crippen LogP contribution in [-0.2, 0) is 7.05 Å². The van der Waals surface area contributed by atoms with Crippen LogP contribution in [0.1, 0.15) is 24.6 Å². The van der Waals surface area contributed by atoms with E-state index in [1.165, 1.54) is 12.8 Å². The third kappa shape index (κ3) is 2.16. The zero-order chi connectivity index (χ0) is 12.5. The van der Waals surface area contributed by atoms with Crippen molar-refractivity contribution in [2.24, 2.45) is 7.05 Å². The molecule has 0 aliphatic carbocycles. The number of nitrogens with zero attached hydrogens (tertiary/aromatic N) is 2. The Morgan fingerprint density at radius 3 is 2.78 bits per heavy atom. The Bertz CT molecular complexity index is 539. The van der Waals surface area contributed by atoms with E-state index in [9.17, 15) is 0 Å². The second-order valence-electron chi connectivity index (χ2n) is 4.73. The molecule has 1 N–H and O–H groups in total. The van der Waals surface area contributed by atoms with Crippen LogP contribution in [0.3, 0.4) is 0 Å². The highest BCUT2D eigenvalue weighted by Gasteiger charge is 2.20. The highest BCUT2D eigenvalue weighted by atomic mass is 35.5. The molecule has 18 heavy (non-hydrogen) atoms. The fourth-order valence-corrected chi connectivity index (χ4v) is 2.61. The second kappa shape index (κ2) is 4.75. The van der Waals surface area contributed by atoms with E-state index in [1.54, 1.807) is 0 Å². The van der Waals surface area contributed by atoms with Gasteiger partial charge in [-0.3, -0.25) is 4.68 Å². The first kappa shape index (κ1) is 11.8. The molecule has 1 unspecified atom stereocenters. The molecule has 1 fully saturated rings. The summed E-state index contributed by atoms with van der Waals surface area (Å²) in [6, 6.07) is 10.5. The Labute approximate surface area is 112 Å². The maximum absolute atomic E-state index is 5.92. The van der Waals surface area contributed by atoms with Crippen molar-refractivity contribution in [3.05, 3.63) is 41.0 Å². The summed E-state index contributed by atoms with van der Waals surface area (Å²) in [4.78, 5) is 0. The molecule has 0 saturated carbocycles. The lowest BCUT2D eigenvalue weighted by molar-refractivity contribution is 0.607. The molecule has 94 valence electrons. The fraction of sp³-hybridized carbons (Fsp3) is 0.357. The average molecular weight is 262 g/mol. The fourth-order valence-electron chi connectivity index (χ4n) is 2.49. The summed E-state index contributed by atoms with van der Waals surface area (Å²) in [7, 11) is 1.99. The molecule has 3 rings (SSSR count). The van der Waals surface area contributed by atoms with Crippen molar-refractivity contribution in [1.82, 2.24) is 15.1 Å². The smallest absolute Gasteiger partial charge is 0.0800 e. The van der Waals surface area contributed by atoms with Crippen molar-refractivity contribution in [2.45, 2.75) is 18.9 Å². The van der Waals surface area contributed by atoms with Gasteiger partial charge in [-0.1, -0.05) is 23.7 Å². The number of rotatable bonds is 2. The third-order valence-electron chi connectivity index (χ3n) is 3.46. The number of nitrogens with one attached hydrogen (secondary N) is 1. The minimum absolute atomic E-state index is 0.414. The summed E-state index contributed by atoms with van der Waals surface area (Å²) in [5.41, 5.74) is 3.42. The minimum Gasteiger partial charge on any atom is -0.309 e. The van der Waals surface area contributed by atoms with Crippen LogP contribution >= 0.6 is 11.6 Å². The number of hydrogen-bond donors (Lipinski definition) is 1. The number of halogens is 1. The van der Waals surface area contributed by atoms with E-state index in [2.05, 4.69) is 16.5 Å². The normalized spacial score (nSPS) is 19.3. The van der Waals surface area contributed by atoms with Crippen molar-refractivity contribution in [3.63, 3.8) is 0 Å². The number of aromatic nitrogens is 2. The Balaban J connectivity index is 1.94. The molecule has 0 spiro atoms. The summed E-state index contributed by atoms with van der Waals surface area (Å²) in [6.45, 7) is 1.09. The summed E-state index contributed by atoms with van der Waals surface area (Å²) in [5.74, 6) is 0. The Morgan fingerprint density at radius 1 is 1.33 bits per heavy atom. The summed E-state index contributed by atoms with van der Waals surface area (Å²) >= 11 is 5.92. The van der Waals surface area contributed by atoms with E-state index >= 15 is 0 Å². The third-order valence-corrected chi connectivity index (χ3v) is 3.71. The second-order valence-corrected chi connectivity index (χ2v) is 5.17. The predicted octanol–water partition coefficient (Wildman–Crippen LogP) is 3.17. The van der Waals surface area contributed by atoms with Gasteiger partial charge < -0.3 is 5.32 Å². The van der Waals surface area contributed by atoms with Crippen LogP contribution in [0.25, 0.3) is 11.3 Å². The first-order valence-electron chi connectivity index (χ1n) is 6.27. The molecule has 0 amide bonds. The van der Waals surface area contributed by atoms with E-state index < -0.39 is 0 Å². The lowest BCUT2D eigenvalue weighted by Crippen LogP contribution is -2.13. The molecule has 1 aromatic heterocycles. The standard InChI is InChI=1S/C14H16ClN3/c1-18-14(10-4-6-11(15)7-5-10)9-13(17-18)12-3-2-8-16-12/h4-7,9,12,16H,2-3,8H2,1H3. The highest BCUT2D eigenvalue weighted by molar-refractivity contribution is 6.30. The van der Waals surface area contributed by atoms with E-state index in [0.29, 0.717) is 6.04 Å². The first-order chi connectivity index (χ1) is 8.74. The van der Waals surface area contributed by atoms with Gasteiger partial charge in [0.1, 0.15) is 0 Å². The van der Waals surface area contributed by atoms with Crippen LogP contribution in [0.2, 0.25) is 5.02 Å². The lowest BCUT2D eigenvalue weighted by atomic mass is 10.1. The lowest BCUT2D eigenvalue weighted by Gasteiger charge is -2.04. The van der Waals surface area contributed by atoms with Gasteiger partial charge >= 0.3 is 0 Å². The number of hydrogen-bond acceptors (Lipinski definition) is 2. The topological polar surface area (TPSA) is 29.9 Å². The van der Waals surface area contributed by atoms with E-state index in [4.69, 9.17) is 11.6 Å². The van der Waals surface area contributed by atoms with Gasteiger partial charge in [-0.15, -0.1) is 0 Å². The number of benzene rings is 1. The van der Waals surface area contributed by atoms with Gasteiger partial charge in [-0.05, 0) is 43.1 Å². The molecule has 3 nitrogen and oxygen atoms in total.